The minimum atomic E-state index is -0.404. The average Bonchev–Trinajstić information content (AvgIpc) is 3.43. The molecule has 0 unspecified atom stereocenters. The van der Waals surface area contributed by atoms with Gasteiger partial charge in [0.1, 0.15) is 10.5 Å². The van der Waals surface area contributed by atoms with Gasteiger partial charge in [-0.2, -0.15) is 0 Å². The van der Waals surface area contributed by atoms with Crippen LogP contribution in [0.1, 0.15) is 34.4 Å². The van der Waals surface area contributed by atoms with Gasteiger partial charge in [0.2, 0.25) is 5.91 Å². The highest BCUT2D eigenvalue weighted by Gasteiger charge is 2.17. The van der Waals surface area contributed by atoms with Gasteiger partial charge in [0.15, 0.2) is 0 Å². The highest BCUT2D eigenvalue weighted by atomic mass is 32.1. The number of benzene rings is 1. The minimum Gasteiger partial charge on any atom is -0.467 e. The Morgan fingerprint density at radius 1 is 1.09 bits per heavy atom. The van der Waals surface area contributed by atoms with Gasteiger partial charge in [0, 0.05) is 13.0 Å². The molecule has 8 heteroatoms. The zero-order chi connectivity index (χ0) is 22.8. The lowest BCUT2D eigenvalue weighted by atomic mass is 10.00. The highest BCUT2D eigenvalue weighted by molar-refractivity contribution is 7.17. The van der Waals surface area contributed by atoms with Crippen molar-refractivity contribution in [3.63, 3.8) is 0 Å². The summed E-state index contributed by atoms with van der Waals surface area (Å²) in [7, 11) is 0. The van der Waals surface area contributed by atoms with Gasteiger partial charge in [-0.25, -0.2) is 4.79 Å². The molecule has 166 valence electrons. The summed E-state index contributed by atoms with van der Waals surface area (Å²) in [6, 6.07) is 9.51. The summed E-state index contributed by atoms with van der Waals surface area (Å²) in [6.07, 6.45) is 1.56. The largest absolute Gasteiger partial charge is 0.467 e. The van der Waals surface area contributed by atoms with Crippen molar-refractivity contribution in [1.29, 1.82) is 0 Å². The number of carbonyl (C=O) groups is 1. The molecule has 3 heterocycles. The Balaban J connectivity index is 1.63. The molecule has 0 spiro atoms. The van der Waals surface area contributed by atoms with Crippen LogP contribution in [0.15, 0.2) is 56.0 Å². The first-order valence-electron chi connectivity index (χ1n) is 10.4. The molecule has 1 aromatic carbocycles. The van der Waals surface area contributed by atoms with E-state index in [2.05, 4.69) is 17.4 Å². The van der Waals surface area contributed by atoms with Crippen molar-refractivity contribution in [3.05, 3.63) is 90.8 Å². The molecule has 0 aliphatic carbocycles. The Kier molecular flexibility index (Phi) is 6.14. The predicted octanol–water partition coefficient (Wildman–Crippen LogP) is 3.50. The maximum absolute atomic E-state index is 13.3. The Morgan fingerprint density at radius 3 is 2.53 bits per heavy atom. The fraction of sp³-hybridized carbons (Fsp3) is 0.292. The zero-order valence-corrected chi connectivity index (χ0v) is 19.1. The normalized spacial score (nSPS) is 11.2. The molecule has 0 saturated heterocycles. The fourth-order valence-electron chi connectivity index (χ4n) is 4.00. The predicted molar refractivity (Wildman–Crippen MR) is 125 cm³/mol. The topological polar surface area (TPSA) is 86.2 Å². The van der Waals surface area contributed by atoms with E-state index >= 15 is 0 Å². The molecule has 0 saturated carbocycles. The van der Waals surface area contributed by atoms with Crippen molar-refractivity contribution >= 4 is 27.5 Å². The van der Waals surface area contributed by atoms with Crippen molar-refractivity contribution in [3.8, 4) is 0 Å². The van der Waals surface area contributed by atoms with Crippen LogP contribution in [0.3, 0.4) is 0 Å². The molecule has 1 amide bonds. The number of thiophene rings is 1. The lowest BCUT2D eigenvalue weighted by molar-refractivity contribution is -0.121. The SMILES string of the molecule is Cc1cc(C)c(Cn2c(=O)n(CCC(=O)NCc3ccco3)c(=O)c3sccc32)c(C)c1. The van der Waals surface area contributed by atoms with Gasteiger partial charge in [-0.05, 0) is 61.0 Å². The molecule has 4 aromatic rings. The van der Waals surface area contributed by atoms with Gasteiger partial charge in [-0.15, -0.1) is 11.3 Å². The molecule has 0 aliphatic heterocycles. The van der Waals surface area contributed by atoms with E-state index in [1.54, 1.807) is 16.7 Å². The number of nitrogens with zero attached hydrogens (tertiary/aromatic N) is 2. The van der Waals surface area contributed by atoms with Gasteiger partial charge in [0.25, 0.3) is 5.56 Å². The van der Waals surface area contributed by atoms with E-state index in [0.29, 0.717) is 22.5 Å². The van der Waals surface area contributed by atoms with Gasteiger partial charge >= 0.3 is 5.69 Å². The second kappa shape index (κ2) is 9.00. The number of hydrogen-bond donors (Lipinski definition) is 1. The monoisotopic (exact) mass is 451 g/mol. The molecule has 0 atom stereocenters. The van der Waals surface area contributed by atoms with Crippen molar-refractivity contribution in [2.45, 2.75) is 46.8 Å². The van der Waals surface area contributed by atoms with Crippen LogP contribution in [0.25, 0.3) is 10.2 Å². The third-order valence-electron chi connectivity index (χ3n) is 5.60. The fourth-order valence-corrected chi connectivity index (χ4v) is 4.84. The van der Waals surface area contributed by atoms with Crippen molar-refractivity contribution in [1.82, 2.24) is 14.5 Å². The summed E-state index contributed by atoms with van der Waals surface area (Å²) in [5, 5.41) is 4.56. The van der Waals surface area contributed by atoms with Gasteiger partial charge < -0.3 is 9.73 Å². The van der Waals surface area contributed by atoms with Crippen LogP contribution >= 0.6 is 11.3 Å². The molecule has 3 aromatic heterocycles. The van der Waals surface area contributed by atoms with Crippen LogP contribution in [0.5, 0.6) is 0 Å². The van der Waals surface area contributed by atoms with E-state index in [0.717, 1.165) is 16.7 Å². The van der Waals surface area contributed by atoms with E-state index in [1.807, 2.05) is 32.2 Å². The first kappa shape index (κ1) is 21.8. The number of fused-ring (bicyclic) bond motifs is 1. The molecular formula is C24H25N3O4S. The van der Waals surface area contributed by atoms with Crippen LogP contribution in [0.4, 0.5) is 0 Å². The Hall–Kier alpha value is -3.39. The van der Waals surface area contributed by atoms with Gasteiger partial charge in [0.05, 0.1) is 24.9 Å². The number of carbonyl (C=O) groups excluding carboxylic acids is 1. The molecule has 0 fully saturated rings. The first-order valence-corrected chi connectivity index (χ1v) is 11.3. The number of furan rings is 1. The number of nitrogens with one attached hydrogen (secondary N) is 1. The highest BCUT2D eigenvalue weighted by Crippen LogP contribution is 2.21. The van der Waals surface area contributed by atoms with Crippen LogP contribution < -0.4 is 16.6 Å². The third kappa shape index (κ3) is 4.31. The molecule has 4 rings (SSSR count). The standard InChI is InChI=1S/C24H25N3O4S/c1-15-11-16(2)19(17(3)12-15)14-27-20-7-10-32-22(20)23(29)26(24(27)30)8-6-21(28)25-13-18-5-4-9-31-18/h4-5,7,9-12H,6,8,13-14H2,1-3H3,(H,25,28). The van der Waals surface area contributed by atoms with Gasteiger partial charge in [-0.1, -0.05) is 17.7 Å². The smallest absolute Gasteiger partial charge is 0.331 e. The first-order chi connectivity index (χ1) is 15.3. The number of hydrogen-bond acceptors (Lipinski definition) is 5. The Morgan fingerprint density at radius 2 is 1.84 bits per heavy atom. The minimum absolute atomic E-state index is 0.0152. The summed E-state index contributed by atoms with van der Waals surface area (Å²) >= 11 is 1.31. The number of amides is 1. The quantitative estimate of drug-likeness (QED) is 0.466. The molecule has 32 heavy (non-hydrogen) atoms. The molecule has 0 aliphatic rings. The second-order valence-electron chi connectivity index (χ2n) is 7.94. The Labute approximate surface area is 188 Å². The molecule has 1 N–H and O–H groups in total. The van der Waals surface area contributed by atoms with E-state index < -0.39 is 5.69 Å². The number of aromatic nitrogens is 2. The van der Waals surface area contributed by atoms with Crippen molar-refractivity contribution < 1.29 is 9.21 Å². The van der Waals surface area contributed by atoms with E-state index in [9.17, 15) is 14.4 Å². The maximum atomic E-state index is 13.3. The van der Waals surface area contributed by atoms with E-state index in [4.69, 9.17) is 4.42 Å². The van der Waals surface area contributed by atoms with Gasteiger partial charge in [-0.3, -0.25) is 18.7 Å². The number of rotatable bonds is 7. The summed E-state index contributed by atoms with van der Waals surface area (Å²) in [6.45, 7) is 6.76. The average molecular weight is 452 g/mol. The van der Waals surface area contributed by atoms with Crippen LogP contribution in [0, 0.1) is 20.8 Å². The molecule has 7 nitrogen and oxygen atoms in total. The summed E-state index contributed by atoms with van der Waals surface area (Å²) in [4.78, 5) is 38.6. The molecular weight excluding hydrogens is 426 g/mol. The lowest BCUT2D eigenvalue weighted by Gasteiger charge is -2.16. The van der Waals surface area contributed by atoms with Crippen LogP contribution in [0.2, 0.25) is 0 Å². The van der Waals surface area contributed by atoms with Crippen molar-refractivity contribution in [2.24, 2.45) is 0 Å². The van der Waals surface area contributed by atoms with Crippen LogP contribution in [-0.2, 0) is 24.4 Å². The summed E-state index contributed by atoms with van der Waals surface area (Å²) < 4.78 is 8.53. The second-order valence-corrected chi connectivity index (χ2v) is 8.86. The Bertz CT molecular complexity index is 1370. The summed E-state index contributed by atoms with van der Waals surface area (Å²) in [5.74, 6) is 0.387. The number of aryl methyl sites for hydroxylation is 3. The van der Waals surface area contributed by atoms with Crippen molar-refractivity contribution in [2.75, 3.05) is 0 Å². The summed E-state index contributed by atoms with van der Waals surface area (Å²) in [5.41, 5.74) is 4.31. The molecule has 0 bridgehead atoms. The molecule has 0 radical (unpaired) electrons. The van der Waals surface area contributed by atoms with Crippen LogP contribution in [-0.4, -0.2) is 15.0 Å². The lowest BCUT2D eigenvalue weighted by Crippen LogP contribution is -2.41. The van der Waals surface area contributed by atoms with E-state index in [1.165, 1.54) is 27.7 Å². The maximum Gasteiger partial charge on any atom is 0.331 e. The third-order valence-corrected chi connectivity index (χ3v) is 6.49. The zero-order valence-electron chi connectivity index (χ0n) is 18.3. The van der Waals surface area contributed by atoms with E-state index in [-0.39, 0.29) is 31.0 Å².